The van der Waals surface area contributed by atoms with Crippen LogP contribution in [0.1, 0.15) is 18.9 Å². The monoisotopic (exact) mass is 398 g/mol. The summed E-state index contributed by atoms with van der Waals surface area (Å²) in [6.45, 7) is 4.50. The Morgan fingerprint density at radius 1 is 1.42 bits per heavy atom. The summed E-state index contributed by atoms with van der Waals surface area (Å²) in [5, 5.41) is 3.20. The molecular weight excluding hydrogens is 376 g/mol. The van der Waals surface area contributed by atoms with Crippen molar-refractivity contribution in [1.29, 1.82) is 0 Å². The molecule has 142 valence electrons. The number of aryl methyl sites for hydroxylation is 2. The smallest absolute Gasteiger partial charge is 0.243 e. The lowest BCUT2D eigenvalue weighted by molar-refractivity contribution is -0.121. The SMILES string of the molecule is Cc1ccc(Cl)cc1N([C@@H](C)C(=O)NCCCn1ccnc1)S(C)(=O)=O. The minimum Gasteiger partial charge on any atom is -0.354 e. The highest BCUT2D eigenvalue weighted by Gasteiger charge is 2.30. The predicted octanol–water partition coefficient (Wildman–Crippen LogP) is 2.21. The third-order valence-corrected chi connectivity index (χ3v) is 5.41. The lowest BCUT2D eigenvalue weighted by Gasteiger charge is -2.29. The van der Waals surface area contributed by atoms with Crippen molar-refractivity contribution in [3.8, 4) is 0 Å². The number of rotatable bonds is 8. The lowest BCUT2D eigenvalue weighted by atomic mass is 10.2. The Morgan fingerprint density at radius 2 is 2.15 bits per heavy atom. The van der Waals surface area contributed by atoms with Gasteiger partial charge in [-0.25, -0.2) is 13.4 Å². The quantitative estimate of drug-likeness (QED) is 0.691. The van der Waals surface area contributed by atoms with Crippen molar-refractivity contribution in [3.05, 3.63) is 47.5 Å². The number of hydrogen-bond donors (Lipinski definition) is 1. The fraction of sp³-hybridized carbons (Fsp3) is 0.412. The third kappa shape index (κ3) is 5.22. The number of halogens is 1. The second kappa shape index (κ2) is 8.55. The molecule has 0 aliphatic carbocycles. The number of nitrogens with zero attached hydrogens (tertiary/aromatic N) is 3. The van der Waals surface area contributed by atoms with E-state index in [2.05, 4.69) is 10.3 Å². The van der Waals surface area contributed by atoms with Crippen LogP contribution in [0, 0.1) is 6.92 Å². The topological polar surface area (TPSA) is 84.3 Å². The van der Waals surface area contributed by atoms with Gasteiger partial charge in [0.2, 0.25) is 15.9 Å². The molecular formula is C17H23ClN4O3S. The summed E-state index contributed by atoms with van der Waals surface area (Å²) < 4.78 is 27.7. The summed E-state index contributed by atoms with van der Waals surface area (Å²) in [5.74, 6) is -0.361. The maximum Gasteiger partial charge on any atom is 0.243 e. The van der Waals surface area contributed by atoms with Gasteiger partial charge in [0.25, 0.3) is 0 Å². The highest BCUT2D eigenvalue weighted by molar-refractivity contribution is 7.92. The van der Waals surface area contributed by atoms with E-state index in [-0.39, 0.29) is 5.91 Å². The van der Waals surface area contributed by atoms with E-state index in [4.69, 9.17) is 11.6 Å². The molecule has 9 heteroatoms. The number of carbonyl (C=O) groups is 1. The van der Waals surface area contributed by atoms with E-state index in [0.717, 1.165) is 22.7 Å². The third-order valence-electron chi connectivity index (χ3n) is 3.95. The van der Waals surface area contributed by atoms with Crippen LogP contribution in [0.15, 0.2) is 36.9 Å². The first-order chi connectivity index (χ1) is 12.2. The molecule has 1 N–H and O–H groups in total. The molecule has 1 amide bonds. The van der Waals surface area contributed by atoms with Gasteiger partial charge in [-0.3, -0.25) is 9.10 Å². The van der Waals surface area contributed by atoms with Gasteiger partial charge in [-0.2, -0.15) is 0 Å². The fourth-order valence-corrected chi connectivity index (χ4v) is 4.03. The molecule has 0 fully saturated rings. The number of hydrogen-bond acceptors (Lipinski definition) is 4. The fourth-order valence-electron chi connectivity index (χ4n) is 2.64. The molecule has 0 aliphatic rings. The van der Waals surface area contributed by atoms with Crippen LogP contribution in [0.5, 0.6) is 0 Å². The maximum atomic E-state index is 12.5. The molecule has 0 saturated carbocycles. The molecule has 7 nitrogen and oxygen atoms in total. The van der Waals surface area contributed by atoms with Crippen LogP contribution < -0.4 is 9.62 Å². The van der Waals surface area contributed by atoms with Gasteiger partial charge >= 0.3 is 0 Å². The summed E-state index contributed by atoms with van der Waals surface area (Å²) in [4.78, 5) is 16.4. The summed E-state index contributed by atoms with van der Waals surface area (Å²) in [6.07, 6.45) is 7.04. The van der Waals surface area contributed by atoms with Crippen molar-refractivity contribution in [2.24, 2.45) is 0 Å². The zero-order chi connectivity index (χ0) is 19.3. The van der Waals surface area contributed by atoms with E-state index in [0.29, 0.717) is 23.7 Å². The van der Waals surface area contributed by atoms with Crippen molar-refractivity contribution in [2.75, 3.05) is 17.1 Å². The summed E-state index contributed by atoms with van der Waals surface area (Å²) in [5.41, 5.74) is 1.13. The largest absolute Gasteiger partial charge is 0.354 e. The molecule has 0 aliphatic heterocycles. The molecule has 2 rings (SSSR count). The van der Waals surface area contributed by atoms with Gasteiger partial charge in [0.05, 0.1) is 18.3 Å². The molecule has 1 heterocycles. The second-order valence-electron chi connectivity index (χ2n) is 6.11. The Bertz CT molecular complexity index is 853. The van der Waals surface area contributed by atoms with E-state index < -0.39 is 16.1 Å². The van der Waals surface area contributed by atoms with Crippen LogP contribution in [0.3, 0.4) is 0 Å². The molecule has 0 bridgehead atoms. The van der Waals surface area contributed by atoms with Gasteiger partial charge in [0.15, 0.2) is 0 Å². The normalized spacial score (nSPS) is 12.6. The summed E-state index contributed by atoms with van der Waals surface area (Å²) >= 11 is 6.02. The Morgan fingerprint density at radius 3 is 2.77 bits per heavy atom. The minimum absolute atomic E-state index is 0.361. The standard InChI is InChI=1S/C17H23ClN4O3S/c1-13-5-6-15(18)11-16(13)22(26(3,24)25)14(2)17(23)20-7-4-9-21-10-8-19-12-21/h5-6,8,10-12,14H,4,7,9H2,1-3H3,(H,20,23)/t14-/m0/s1. The number of sulfonamides is 1. The Balaban J connectivity index is 2.07. The van der Waals surface area contributed by atoms with Crippen molar-refractivity contribution < 1.29 is 13.2 Å². The van der Waals surface area contributed by atoms with Gasteiger partial charge in [-0.15, -0.1) is 0 Å². The number of amides is 1. The van der Waals surface area contributed by atoms with E-state index >= 15 is 0 Å². The molecule has 0 spiro atoms. The molecule has 0 radical (unpaired) electrons. The van der Waals surface area contributed by atoms with Crippen molar-refractivity contribution in [2.45, 2.75) is 32.9 Å². The van der Waals surface area contributed by atoms with Gasteiger partial charge in [0, 0.05) is 30.5 Å². The average Bonchev–Trinajstić information content (AvgIpc) is 3.07. The van der Waals surface area contributed by atoms with Crippen molar-refractivity contribution >= 4 is 33.2 Å². The number of anilines is 1. The number of carbonyl (C=O) groups excluding carboxylic acids is 1. The summed E-state index contributed by atoms with van der Waals surface area (Å²) in [6, 6.07) is 4.07. The van der Waals surface area contributed by atoms with Gasteiger partial charge in [0.1, 0.15) is 6.04 Å². The lowest BCUT2D eigenvalue weighted by Crippen LogP contribution is -2.48. The Hall–Kier alpha value is -2.06. The molecule has 26 heavy (non-hydrogen) atoms. The zero-order valence-electron chi connectivity index (χ0n) is 15.0. The molecule has 1 atom stereocenters. The molecule has 1 aromatic heterocycles. The van der Waals surface area contributed by atoms with Crippen LogP contribution in [0.4, 0.5) is 5.69 Å². The molecule has 0 saturated heterocycles. The predicted molar refractivity (Wildman–Crippen MR) is 103 cm³/mol. The van der Waals surface area contributed by atoms with E-state index in [9.17, 15) is 13.2 Å². The van der Waals surface area contributed by atoms with Crippen molar-refractivity contribution in [3.63, 3.8) is 0 Å². The Kier molecular flexibility index (Phi) is 6.66. The molecule has 2 aromatic rings. The zero-order valence-corrected chi connectivity index (χ0v) is 16.6. The Labute approximate surface area is 159 Å². The van der Waals surface area contributed by atoms with Gasteiger partial charge in [-0.05, 0) is 38.0 Å². The number of imidazole rings is 1. The first kappa shape index (κ1) is 20.3. The minimum atomic E-state index is -3.67. The van der Waals surface area contributed by atoms with Crippen LogP contribution in [-0.2, 0) is 21.4 Å². The highest BCUT2D eigenvalue weighted by Crippen LogP contribution is 2.28. The number of benzene rings is 1. The van der Waals surface area contributed by atoms with Crippen LogP contribution in [-0.4, -0.2) is 42.7 Å². The van der Waals surface area contributed by atoms with Crippen LogP contribution in [0.2, 0.25) is 5.02 Å². The van der Waals surface area contributed by atoms with Gasteiger partial charge in [-0.1, -0.05) is 17.7 Å². The van der Waals surface area contributed by atoms with Gasteiger partial charge < -0.3 is 9.88 Å². The number of aromatic nitrogens is 2. The van der Waals surface area contributed by atoms with Crippen LogP contribution in [0.25, 0.3) is 0 Å². The van der Waals surface area contributed by atoms with E-state index in [1.165, 1.54) is 0 Å². The van der Waals surface area contributed by atoms with Crippen LogP contribution >= 0.6 is 11.6 Å². The number of nitrogens with one attached hydrogen (secondary N) is 1. The molecule has 1 aromatic carbocycles. The maximum absolute atomic E-state index is 12.5. The second-order valence-corrected chi connectivity index (χ2v) is 8.41. The van der Waals surface area contributed by atoms with Crippen molar-refractivity contribution in [1.82, 2.24) is 14.9 Å². The average molecular weight is 399 g/mol. The highest BCUT2D eigenvalue weighted by atomic mass is 35.5. The molecule has 0 unspecified atom stereocenters. The first-order valence-corrected chi connectivity index (χ1v) is 10.4. The van der Waals surface area contributed by atoms with E-state index in [1.54, 1.807) is 44.6 Å². The first-order valence-electron chi connectivity index (χ1n) is 8.19. The summed E-state index contributed by atoms with van der Waals surface area (Å²) in [7, 11) is -3.67. The van der Waals surface area contributed by atoms with E-state index in [1.807, 2.05) is 10.8 Å².